The molecule has 0 atom stereocenters. The summed E-state index contributed by atoms with van der Waals surface area (Å²) >= 11 is 0. The lowest BCUT2D eigenvalue weighted by Gasteiger charge is -2.24. The van der Waals surface area contributed by atoms with E-state index in [9.17, 15) is 22.4 Å². The van der Waals surface area contributed by atoms with Gasteiger partial charge >= 0.3 is 0 Å². The van der Waals surface area contributed by atoms with Crippen LogP contribution in [0.2, 0.25) is 0 Å². The number of anilines is 1. The van der Waals surface area contributed by atoms with Crippen LogP contribution in [0.25, 0.3) is 0 Å². The molecule has 0 aromatic heterocycles. The summed E-state index contributed by atoms with van der Waals surface area (Å²) in [5.74, 6) is -1.44. The molecule has 0 radical (unpaired) electrons. The summed E-state index contributed by atoms with van der Waals surface area (Å²) in [7, 11) is -4.08. The lowest BCUT2D eigenvalue weighted by Crippen LogP contribution is -2.32. The van der Waals surface area contributed by atoms with Crippen molar-refractivity contribution in [2.75, 3.05) is 31.1 Å². The van der Waals surface area contributed by atoms with Gasteiger partial charge in [0, 0.05) is 17.7 Å². The molecule has 0 bridgehead atoms. The Morgan fingerprint density at radius 3 is 2.38 bits per heavy atom. The number of sulfone groups is 1. The fraction of sp³-hybridized carbons (Fsp3) is 0.333. The topological polar surface area (TPSA) is 86.8 Å². The number of carbonyl (C=O) groups excluding carboxylic acids is 2. The van der Waals surface area contributed by atoms with Gasteiger partial charge in [-0.1, -0.05) is 43.2 Å². The van der Waals surface area contributed by atoms with Crippen molar-refractivity contribution in [3.63, 3.8) is 0 Å². The first-order chi connectivity index (χ1) is 18.9. The van der Waals surface area contributed by atoms with Gasteiger partial charge in [0.2, 0.25) is 9.84 Å². The highest BCUT2D eigenvalue weighted by Crippen LogP contribution is 2.38. The van der Waals surface area contributed by atoms with E-state index in [1.54, 1.807) is 30.3 Å². The first-order valence-electron chi connectivity index (χ1n) is 13.4. The third-order valence-electron chi connectivity index (χ3n) is 7.38. The Labute approximate surface area is 228 Å². The van der Waals surface area contributed by atoms with E-state index in [0.717, 1.165) is 26.1 Å². The summed E-state index contributed by atoms with van der Waals surface area (Å²) in [6, 6.07) is 16.3. The van der Waals surface area contributed by atoms with Crippen molar-refractivity contribution in [1.82, 2.24) is 10.2 Å². The zero-order valence-corrected chi connectivity index (χ0v) is 22.6. The van der Waals surface area contributed by atoms with Crippen LogP contribution < -0.4 is 10.2 Å². The predicted octanol–water partition coefficient (Wildman–Crippen LogP) is 4.81. The second-order valence-corrected chi connectivity index (χ2v) is 11.9. The maximum Gasteiger partial charge on any atom is 0.259 e. The molecular weight excluding hydrogens is 517 g/mol. The molecule has 3 aromatic rings. The number of hydrogen-bond donors (Lipinski definition) is 1. The minimum Gasteiger partial charge on any atom is -0.352 e. The van der Waals surface area contributed by atoms with Crippen molar-refractivity contribution in [3.8, 4) is 0 Å². The number of carbonyl (C=O) groups is 2. The quantitative estimate of drug-likeness (QED) is 0.428. The number of rotatable bonds is 7. The third kappa shape index (κ3) is 5.74. The average Bonchev–Trinajstić information content (AvgIpc) is 3.25. The molecule has 39 heavy (non-hydrogen) atoms. The van der Waals surface area contributed by atoms with Gasteiger partial charge in [0.25, 0.3) is 11.8 Å². The summed E-state index contributed by atoms with van der Waals surface area (Å²) < 4.78 is 41.9. The molecule has 1 saturated heterocycles. The van der Waals surface area contributed by atoms with Gasteiger partial charge in [0.05, 0.1) is 27.6 Å². The number of fused-ring (bicyclic) bond motifs is 2. The molecule has 5 rings (SSSR count). The molecule has 204 valence electrons. The van der Waals surface area contributed by atoms with E-state index in [4.69, 9.17) is 0 Å². The smallest absolute Gasteiger partial charge is 0.259 e. The number of benzene rings is 3. The molecule has 0 saturated carbocycles. The highest BCUT2D eigenvalue weighted by atomic mass is 32.2. The summed E-state index contributed by atoms with van der Waals surface area (Å²) in [5.41, 5.74) is 0.522. The van der Waals surface area contributed by atoms with Gasteiger partial charge in [0.1, 0.15) is 5.82 Å². The molecule has 2 amide bonds. The normalized spacial score (nSPS) is 17.1. The van der Waals surface area contributed by atoms with Crippen LogP contribution in [-0.4, -0.2) is 51.3 Å². The van der Waals surface area contributed by atoms with Crippen LogP contribution in [0, 0.1) is 5.82 Å². The van der Waals surface area contributed by atoms with Crippen LogP contribution in [0.1, 0.15) is 58.4 Å². The van der Waals surface area contributed by atoms with E-state index in [-0.39, 0.29) is 44.6 Å². The minimum atomic E-state index is -4.08. The summed E-state index contributed by atoms with van der Waals surface area (Å²) in [4.78, 5) is 30.2. The standard InChI is InChI=1S/C30H32FN3O4S/c31-25-12-5-3-10-23(25)21-34-26-20-22(29(35)32-16-9-19-33-17-7-1-2-8-18-33)14-15-28(26)39(37,38)27-13-6-4-11-24(27)30(34)36/h3-6,10-15,20H,1-2,7-9,16-19,21H2,(H,32,35). The summed E-state index contributed by atoms with van der Waals surface area (Å²) in [6.07, 6.45) is 5.75. The number of halogens is 1. The van der Waals surface area contributed by atoms with Gasteiger partial charge in [-0.25, -0.2) is 12.8 Å². The van der Waals surface area contributed by atoms with Crippen LogP contribution >= 0.6 is 0 Å². The molecule has 1 fully saturated rings. The number of amides is 2. The fourth-order valence-electron chi connectivity index (χ4n) is 5.27. The van der Waals surface area contributed by atoms with Gasteiger partial charge in [-0.05, 0) is 75.3 Å². The number of likely N-dealkylation sites (tertiary alicyclic amines) is 1. The second kappa shape index (κ2) is 11.7. The van der Waals surface area contributed by atoms with Crippen LogP contribution in [0.3, 0.4) is 0 Å². The molecular formula is C30H32FN3O4S. The molecule has 3 aromatic carbocycles. The Bertz CT molecular complexity index is 1480. The van der Waals surface area contributed by atoms with Crippen LogP contribution in [0.5, 0.6) is 0 Å². The highest BCUT2D eigenvalue weighted by molar-refractivity contribution is 7.91. The van der Waals surface area contributed by atoms with Gasteiger partial charge in [-0.3, -0.25) is 9.59 Å². The molecule has 0 unspecified atom stereocenters. The minimum absolute atomic E-state index is 0.00422. The predicted molar refractivity (Wildman–Crippen MR) is 147 cm³/mol. The number of nitrogens with one attached hydrogen (secondary N) is 1. The monoisotopic (exact) mass is 549 g/mol. The van der Waals surface area contributed by atoms with Gasteiger partial charge in [-0.15, -0.1) is 0 Å². The van der Waals surface area contributed by atoms with Crippen LogP contribution in [-0.2, 0) is 16.4 Å². The van der Waals surface area contributed by atoms with E-state index < -0.39 is 21.6 Å². The van der Waals surface area contributed by atoms with E-state index in [1.807, 2.05) is 0 Å². The molecule has 2 heterocycles. The SMILES string of the molecule is O=C(NCCCN1CCCCCC1)c1ccc2c(c1)N(Cc1ccccc1F)C(=O)c1ccccc1S2(=O)=O. The summed E-state index contributed by atoms with van der Waals surface area (Å²) in [5, 5.41) is 2.92. The maximum atomic E-state index is 14.6. The van der Waals surface area contributed by atoms with Crippen molar-refractivity contribution >= 4 is 27.3 Å². The Morgan fingerprint density at radius 1 is 0.897 bits per heavy atom. The van der Waals surface area contributed by atoms with E-state index in [2.05, 4.69) is 10.2 Å². The molecule has 1 N–H and O–H groups in total. The van der Waals surface area contributed by atoms with Crippen LogP contribution in [0.4, 0.5) is 10.1 Å². The molecule has 0 spiro atoms. The van der Waals surface area contributed by atoms with Crippen molar-refractivity contribution in [2.45, 2.75) is 48.4 Å². The Hall–Kier alpha value is -3.56. The van der Waals surface area contributed by atoms with E-state index >= 15 is 0 Å². The van der Waals surface area contributed by atoms with Gasteiger partial charge < -0.3 is 15.1 Å². The van der Waals surface area contributed by atoms with Crippen molar-refractivity contribution < 1.29 is 22.4 Å². The summed E-state index contributed by atoms with van der Waals surface area (Å²) in [6.45, 7) is 3.37. The van der Waals surface area contributed by atoms with Crippen molar-refractivity contribution in [2.24, 2.45) is 0 Å². The van der Waals surface area contributed by atoms with Crippen LogP contribution in [0.15, 0.2) is 76.5 Å². The maximum absolute atomic E-state index is 14.6. The fourth-order valence-corrected chi connectivity index (χ4v) is 6.90. The Kier molecular flexibility index (Phi) is 8.09. The average molecular weight is 550 g/mol. The van der Waals surface area contributed by atoms with Gasteiger partial charge in [-0.2, -0.15) is 0 Å². The number of nitrogens with zero attached hydrogens (tertiary/aromatic N) is 2. The molecule has 9 heteroatoms. The zero-order chi connectivity index (χ0) is 27.4. The Balaban J connectivity index is 1.43. The number of hydrogen-bond acceptors (Lipinski definition) is 5. The molecule has 2 aliphatic heterocycles. The Morgan fingerprint density at radius 2 is 1.62 bits per heavy atom. The highest BCUT2D eigenvalue weighted by Gasteiger charge is 2.36. The van der Waals surface area contributed by atoms with Crippen molar-refractivity contribution in [1.29, 1.82) is 0 Å². The van der Waals surface area contributed by atoms with Gasteiger partial charge in [0.15, 0.2) is 0 Å². The lowest BCUT2D eigenvalue weighted by atomic mass is 10.1. The third-order valence-corrected chi connectivity index (χ3v) is 9.23. The first kappa shape index (κ1) is 27.0. The molecule has 0 aliphatic carbocycles. The zero-order valence-electron chi connectivity index (χ0n) is 21.7. The second-order valence-electron chi connectivity index (χ2n) is 10.0. The molecule has 7 nitrogen and oxygen atoms in total. The largest absolute Gasteiger partial charge is 0.352 e. The molecule has 2 aliphatic rings. The lowest BCUT2D eigenvalue weighted by molar-refractivity contribution is 0.0948. The van der Waals surface area contributed by atoms with Crippen molar-refractivity contribution in [3.05, 3.63) is 89.2 Å². The van der Waals surface area contributed by atoms with E-state index in [0.29, 0.717) is 6.54 Å². The first-order valence-corrected chi connectivity index (χ1v) is 14.9. The van der Waals surface area contributed by atoms with E-state index in [1.165, 1.54) is 67.0 Å².